The van der Waals surface area contributed by atoms with E-state index < -0.39 is 9.85 Å². The van der Waals surface area contributed by atoms with Gasteiger partial charge in [0.2, 0.25) is 0 Å². The number of benzene rings is 2. The summed E-state index contributed by atoms with van der Waals surface area (Å²) < 4.78 is 1.78. The number of aromatic nitrogens is 3. The summed E-state index contributed by atoms with van der Waals surface area (Å²) in [6.07, 6.45) is 1.84. The first-order chi connectivity index (χ1) is 12.5. The fourth-order valence-corrected chi connectivity index (χ4v) is 2.99. The molecule has 10 heteroatoms. The van der Waals surface area contributed by atoms with Crippen LogP contribution in [0.25, 0.3) is 11.4 Å². The SMILES string of the molecule is CSc1nnc(-c2cc([N+](=O)[O-])cc([N+](=O)[O-])c2)n1Cc1ccccc1. The van der Waals surface area contributed by atoms with Crippen molar-refractivity contribution in [1.82, 2.24) is 14.8 Å². The van der Waals surface area contributed by atoms with Gasteiger partial charge in [-0.3, -0.25) is 24.8 Å². The zero-order valence-electron chi connectivity index (χ0n) is 13.6. The molecule has 2 aromatic carbocycles. The summed E-state index contributed by atoms with van der Waals surface area (Å²) in [5.41, 5.74) is 0.529. The molecule has 0 atom stereocenters. The van der Waals surface area contributed by atoms with Crippen LogP contribution >= 0.6 is 11.8 Å². The highest BCUT2D eigenvalue weighted by atomic mass is 32.2. The van der Waals surface area contributed by atoms with Gasteiger partial charge in [0, 0.05) is 17.7 Å². The van der Waals surface area contributed by atoms with Crippen LogP contribution in [0.5, 0.6) is 0 Å². The monoisotopic (exact) mass is 371 g/mol. The predicted octanol–water partition coefficient (Wildman–Crippen LogP) is 3.53. The predicted molar refractivity (Wildman–Crippen MR) is 96.1 cm³/mol. The standard InChI is InChI=1S/C16H13N5O4S/c1-26-16-18-17-15(19(16)10-11-5-3-2-4-6-11)12-7-13(20(22)23)9-14(8-12)21(24)25/h2-9H,10H2,1H3. The molecule has 0 unspecified atom stereocenters. The maximum atomic E-state index is 11.1. The van der Waals surface area contributed by atoms with Gasteiger partial charge in [0.1, 0.15) is 0 Å². The molecule has 0 aliphatic carbocycles. The molecule has 3 aromatic rings. The summed E-state index contributed by atoms with van der Waals surface area (Å²) in [6, 6.07) is 13.0. The highest BCUT2D eigenvalue weighted by molar-refractivity contribution is 7.98. The van der Waals surface area contributed by atoms with E-state index in [-0.39, 0.29) is 16.9 Å². The molecule has 0 N–H and O–H groups in total. The Labute approximate surface area is 152 Å². The van der Waals surface area contributed by atoms with Gasteiger partial charge in [-0.25, -0.2) is 0 Å². The maximum absolute atomic E-state index is 11.1. The Morgan fingerprint density at radius 3 is 2.15 bits per heavy atom. The summed E-state index contributed by atoms with van der Waals surface area (Å²) in [5, 5.41) is 31.1. The normalized spacial score (nSPS) is 10.7. The average molecular weight is 371 g/mol. The van der Waals surface area contributed by atoms with Gasteiger partial charge in [0.25, 0.3) is 11.4 Å². The number of thioether (sulfide) groups is 1. The van der Waals surface area contributed by atoms with Crippen molar-refractivity contribution in [2.24, 2.45) is 0 Å². The van der Waals surface area contributed by atoms with Crippen LogP contribution in [-0.2, 0) is 6.54 Å². The second-order valence-electron chi connectivity index (χ2n) is 5.33. The minimum atomic E-state index is -0.663. The lowest BCUT2D eigenvalue weighted by molar-refractivity contribution is -0.394. The average Bonchev–Trinajstić information content (AvgIpc) is 3.04. The van der Waals surface area contributed by atoms with E-state index in [9.17, 15) is 20.2 Å². The summed E-state index contributed by atoms with van der Waals surface area (Å²) >= 11 is 1.37. The molecule has 0 spiro atoms. The van der Waals surface area contributed by atoms with Gasteiger partial charge >= 0.3 is 0 Å². The molecule has 3 rings (SSSR count). The third kappa shape index (κ3) is 3.54. The molecular formula is C16H13N5O4S. The lowest BCUT2D eigenvalue weighted by Gasteiger charge is -2.09. The first-order valence-electron chi connectivity index (χ1n) is 7.45. The molecule has 0 saturated heterocycles. The van der Waals surface area contributed by atoms with Gasteiger partial charge in [-0.05, 0) is 11.8 Å². The van der Waals surface area contributed by atoms with Crippen LogP contribution in [0, 0.1) is 20.2 Å². The minimum Gasteiger partial charge on any atom is -0.298 e. The lowest BCUT2D eigenvalue weighted by Crippen LogP contribution is -2.04. The summed E-state index contributed by atoms with van der Waals surface area (Å²) in [4.78, 5) is 20.9. The van der Waals surface area contributed by atoms with Crippen LogP contribution < -0.4 is 0 Å². The Morgan fingerprint density at radius 2 is 1.62 bits per heavy atom. The smallest absolute Gasteiger partial charge is 0.277 e. The van der Waals surface area contributed by atoms with Gasteiger partial charge in [-0.15, -0.1) is 10.2 Å². The Balaban J connectivity index is 2.13. The Bertz CT molecular complexity index is 942. The zero-order valence-corrected chi connectivity index (χ0v) is 14.4. The Morgan fingerprint density at radius 1 is 1.00 bits per heavy atom. The van der Waals surface area contributed by atoms with E-state index in [1.807, 2.05) is 36.6 Å². The Kier molecular flexibility index (Phi) is 4.94. The van der Waals surface area contributed by atoms with Gasteiger partial charge in [0.15, 0.2) is 11.0 Å². The third-order valence-electron chi connectivity index (χ3n) is 3.67. The number of nitro benzene ring substituents is 2. The molecule has 1 aromatic heterocycles. The highest BCUT2D eigenvalue weighted by Crippen LogP contribution is 2.30. The molecule has 26 heavy (non-hydrogen) atoms. The molecule has 0 amide bonds. The quantitative estimate of drug-likeness (QED) is 0.369. The molecule has 0 aliphatic rings. The first-order valence-corrected chi connectivity index (χ1v) is 8.67. The maximum Gasteiger partial charge on any atom is 0.277 e. The first kappa shape index (κ1) is 17.5. The minimum absolute atomic E-state index is 0.273. The van der Waals surface area contributed by atoms with Crippen LogP contribution in [0.2, 0.25) is 0 Å². The molecule has 9 nitrogen and oxygen atoms in total. The topological polar surface area (TPSA) is 117 Å². The second-order valence-corrected chi connectivity index (χ2v) is 6.11. The van der Waals surface area contributed by atoms with E-state index in [2.05, 4.69) is 10.2 Å². The highest BCUT2D eigenvalue weighted by Gasteiger charge is 2.21. The van der Waals surface area contributed by atoms with Crippen molar-refractivity contribution < 1.29 is 9.85 Å². The Hall–Kier alpha value is -3.27. The molecule has 1 heterocycles. The van der Waals surface area contributed by atoms with Crippen LogP contribution in [0.1, 0.15) is 5.56 Å². The molecular weight excluding hydrogens is 358 g/mol. The van der Waals surface area contributed by atoms with Gasteiger partial charge in [-0.1, -0.05) is 42.1 Å². The van der Waals surface area contributed by atoms with Gasteiger partial charge < -0.3 is 0 Å². The number of non-ortho nitro benzene ring substituents is 2. The summed E-state index contributed by atoms with van der Waals surface area (Å²) in [7, 11) is 0. The fraction of sp³-hybridized carbons (Fsp3) is 0.125. The van der Waals surface area contributed by atoms with Crippen molar-refractivity contribution >= 4 is 23.1 Å². The zero-order chi connectivity index (χ0) is 18.7. The van der Waals surface area contributed by atoms with Crippen molar-refractivity contribution in [2.45, 2.75) is 11.7 Å². The number of hydrogen-bond donors (Lipinski definition) is 0. The van der Waals surface area contributed by atoms with Gasteiger partial charge in [0.05, 0.1) is 22.5 Å². The van der Waals surface area contributed by atoms with Crippen molar-refractivity contribution in [2.75, 3.05) is 6.26 Å². The lowest BCUT2D eigenvalue weighted by atomic mass is 10.1. The molecule has 0 saturated carbocycles. The number of nitrogens with zero attached hydrogens (tertiary/aromatic N) is 5. The van der Waals surface area contributed by atoms with Crippen molar-refractivity contribution in [3.8, 4) is 11.4 Å². The fourth-order valence-electron chi connectivity index (χ4n) is 2.50. The van der Waals surface area contributed by atoms with E-state index in [0.29, 0.717) is 17.5 Å². The summed E-state index contributed by atoms with van der Waals surface area (Å²) in [6.45, 7) is 0.440. The van der Waals surface area contributed by atoms with E-state index in [4.69, 9.17) is 0 Å². The number of rotatable bonds is 6. The van der Waals surface area contributed by atoms with Crippen LogP contribution in [0.4, 0.5) is 11.4 Å². The van der Waals surface area contributed by atoms with E-state index in [1.165, 1.54) is 23.9 Å². The third-order valence-corrected chi connectivity index (χ3v) is 4.33. The van der Waals surface area contributed by atoms with Crippen molar-refractivity contribution in [3.63, 3.8) is 0 Å². The van der Waals surface area contributed by atoms with Crippen LogP contribution in [-0.4, -0.2) is 30.9 Å². The van der Waals surface area contributed by atoms with E-state index >= 15 is 0 Å². The molecule has 132 valence electrons. The number of hydrogen-bond acceptors (Lipinski definition) is 7. The van der Waals surface area contributed by atoms with Crippen molar-refractivity contribution in [1.29, 1.82) is 0 Å². The largest absolute Gasteiger partial charge is 0.298 e. The van der Waals surface area contributed by atoms with Crippen LogP contribution in [0.3, 0.4) is 0 Å². The van der Waals surface area contributed by atoms with Crippen molar-refractivity contribution in [3.05, 3.63) is 74.3 Å². The second kappa shape index (κ2) is 7.31. The van der Waals surface area contributed by atoms with E-state index in [1.54, 1.807) is 4.57 Å². The molecule has 0 radical (unpaired) electrons. The molecule has 0 fully saturated rings. The van der Waals surface area contributed by atoms with E-state index in [0.717, 1.165) is 11.6 Å². The summed E-state index contributed by atoms with van der Waals surface area (Å²) in [5.74, 6) is 0.338. The number of nitro groups is 2. The van der Waals surface area contributed by atoms with Crippen LogP contribution in [0.15, 0.2) is 53.7 Å². The molecule has 0 bridgehead atoms. The molecule has 0 aliphatic heterocycles. The van der Waals surface area contributed by atoms with Gasteiger partial charge in [-0.2, -0.15) is 0 Å².